The highest BCUT2D eigenvalue weighted by molar-refractivity contribution is 6.46. The monoisotopic (exact) mass is 402 g/mol. The molecule has 0 spiro atoms. The first kappa shape index (κ1) is 18.7. The second kappa shape index (κ2) is 7.08. The van der Waals surface area contributed by atoms with Gasteiger partial charge in [-0.2, -0.15) is 10.5 Å². The van der Waals surface area contributed by atoms with E-state index in [-0.39, 0.29) is 31.9 Å². The van der Waals surface area contributed by atoms with Gasteiger partial charge < -0.3 is 5.32 Å². The number of non-ortho nitro benzene ring substituents is 1. The van der Waals surface area contributed by atoms with Crippen LogP contribution in [-0.4, -0.2) is 4.92 Å². The summed E-state index contributed by atoms with van der Waals surface area (Å²) >= 11 is 17.7. The number of nitro benzene ring substituents is 1. The number of hydrogen-bond donors (Lipinski definition) is 1. The third kappa shape index (κ3) is 3.28. The molecule has 0 aliphatic carbocycles. The third-order valence-electron chi connectivity index (χ3n) is 3.03. The Hall–Kier alpha value is -2.65. The molecule has 6 nitrogen and oxygen atoms in total. The van der Waals surface area contributed by atoms with Crippen molar-refractivity contribution in [2.24, 2.45) is 0 Å². The second-order valence-corrected chi connectivity index (χ2v) is 5.59. The average Bonchev–Trinajstić information content (AvgIpc) is 2.55. The Morgan fingerprint density at radius 1 is 0.960 bits per heavy atom. The summed E-state index contributed by atoms with van der Waals surface area (Å²) in [6.45, 7) is 0. The quantitative estimate of drug-likeness (QED) is 0.424. The average molecular weight is 404 g/mol. The molecule has 0 saturated heterocycles. The fourth-order valence-corrected chi connectivity index (χ4v) is 2.68. The summed E-state index contributed by atoms with van der Waals surface area (Å²) < 4.78 is 28.1. The number of nitrogens with zero attached hydrogens (tertiary/aromatic N) is 3. The highest BCUT2D eigenvalue weighted by Gasteiger charge is 2.24. The zero-order valence-corrected chi connectivity index (χ0v) is 14.0. The molecule has 0 heterocycles. The summed E-state index contributed by atoms with van der Waals surface area (Å²) in [5.74, 6) is -2.62. The minimum atomic E-state index is -1.31. The van der Waals surface area contributed by atoms with E-state index in [1.807, 2.05) is 0 Å². The zero-order chi connectivity index (χ0) is 18.9. The van der Waals surface area contributed by atoms with E-state index in [1.165, 1.54) is 0 Å². The molecule has 2 aromatic rings. The van der Waals surface area contributed by atoms with Gasteiger partial charge in [-0.15, -0.1) is 0 Å². The Morgan fingerprint density at radius 3 is 1.88 bits per heavy atom. The number of nitriles is 2. The van der Waals surface area contributed by atoms with Crippen LogP contribution in [-0.2, 0) is 0 Å². The first-order chi connectivity index (χ1) is 11.7. The molecule has 0 bridgehead atoms. The lowest BCUT2D eigenvalue weighted by Crippen LogP contribution is -2.04. The summed E-state index contributed by atoms with van der Waals surface area (Å²) in [5, 5.41) is 30.1. The Balaban J connectivity index is 2.71. The molecular formula is C14H3Cl3F2N4O2. The summed E-state index contributed by atoms with van der Waals surface area (Å²) in [7, 11) is 0. The molecule has 0 aliphatic heterocycles. The molecule has 0 radical (unpaired) electrons. The fraction of sp³-hybridized carbons (Fsp3) is 0. The molecule has 0 aliphatic rings. The molecule has 11 heteroatoms. The van der Waals surface area contributed by atoms with Crippen LogP contribution in [0.3, 0.4) is 0 Å². The largest absolute Gasteiger partial charge is 0.348 e. The van der Waals surface area contributed by atoms with Crippen molar-refractivity contribution in [1.82, 2.24) is 0 Å². The number of rotatable bonds is 3. The predicted octanol–water partition coefficient (Wildman–Crippen LogP) is 5.32. The highest BCUT2D eigenvalue weighted by Crippen LogP contribution is 2.42. The van der Waals surface area contributed by atoms with Gasteiger partial charge in [-0.05, 0) is 0 Å². The van der Waals surface area contributed by atoms with Crippen molar-refractivity contribution in [2.75, 3.05) is 5.32 Å². The van der Waals surface area contributed by atoms with Crippen LogP contribution in [0.25, 0.3) is 0 Å². The minimum absolute atomic E-state index is 0.291. The van der Waals surface area contributed by atoms with Crippen LogP contribution in [0.4, 0.5) is 25.8 Å². The van der Waals surface area contributed by atoms with Crippen LogP contribution in [0.2, 0.25) is 15.1 Å². The number of halogens is 5. The molecule has 2 rings (SSSR count). The fourth-order valence-electron chi connectivity index (χ4n) is 1.89. The van der Waals surface area contributed by atoms with Crippen molar-refractivity contribution in [3.63, 3.8) is 0 Å². The van der Waals surface area contributed by atoms with Crippen molar-refractivity contribution in [3.05, 3.63) is 60.1 Å². The van der Waals surface area contributed by atoms with Gasteiger partial charge in [0.25, 0.3) is 5.69 Å². The molecule has 0 amide bonds. The molecule has 0 saturated carbocycles. The standard InChI is InChI=1S/C14H3Cl3F2N4O2/c15-10-6(3-20)12(17)13(7(4-21)11(10)16)22-14-8(18)1-5(23(24)25)2-9(14)19/h1-2,22H. The number of nitrogens with one attached hydrogen (secondary N) is 1. The van der Waals surface area contributed by atoms with Crippen molar-refractivity contribution < 1.29 is 13.7 Å². The molecular weight excluding hydrogens is 401 g/mol. The van der Waals surface area contributed by atoms with E-state index < -0.39 is 27.9 Å². The van der Waals surface area contributed by atoms with Gasteiger partial charge in [0.1, 0.15) is 17.8 Å². The first-order valence-corrected chi connectivity index (χ1v) is 7.27. The predicted molar refractivity (Wildman–Crippen MR) is 87.2 cm³/mol. The van der Waals surface area contributed by atoms with Crippen LogP contribution in [0.5, 0.6) is 0 Å². The molecule has 1 N–H and O–H groups in total. The number of nitro groups is 1. The van der Waals surface area contributed by atoms with E-state index in [1.54, 1.807) is 12.1 Å². The van der Waals surface area contributed by atoms with Crippen LogP contribution < -0.4 is 5.32 Å². The molecule has 2 aromatic carbocycles. The van der Waals surface area contributed by atoms with Gasteiger partial charge in [-0.25, -0.2) is 8.78 Å². The van der Waals surface area contributed by atoms with Crippen LogP contribution in [0.1, 0.15) is 11.1 Å². The lowest BCUT2D eigenvalue weighted by atomic mass is 10.1. The molecule has 0 aromatic heterocycles. The maximum Gasteiger partial charge on any atom is 0.275 e. The summed E-state index contributed by atoms with van der Waals surface area (Å²) in [6, 6.07) is 4.28. The Labute approximate surface area is 153 Å². The van der Waals surface area contributed by atoms with Gasteiger partial charge >= 0.3 is 0 Å². The normalized spacial score (nSPS) is 10.0. The summed E-state index contributed by atoms with van der Waals surface area (Å²) in [4.78, 5) is 9.64. The SMILES string of the molecule is N#Cc1c(Cl)c(Cl)c(C#N)c(Nc2c(F)cc([N+](=O)[O-])cc2F)c1Cl. The van der Waals surface area contributed by atoms with Gasteiger partial charge in [-0.3, -0.25) is 10.1 Å². The molecule has 25 heavy (non-hydrogen) atoms. The molecule has 0 unspecified atom stereocenters. The molecule has 0 atom stereocenters. The zero-order valence-electron chi connectivity index (χ0n) is 11.7. The van der Waals surface area contributed by atoms with Crippen LogP contribution in [0, 0.1) is 44.4 Å². The maximum absolute atomic E-state index is 14.0. The van der Waals surface area contributed by atoms with Crippen molar-refractivity contribution in [2.45, 2.75) is 0 Å². The molecule has 126 valence electrons. The van der Waals surface area contributed by atoms with Gasteiger partial charge in [0.15, 0.2) is 11.6 Å². The van der Waals surface area contributed by atoms with Gasteiger partial charge in [0.2, 0.25) is 0 Å². The number of hydrogen-bond acceptors (Lipinski definition) is 5. The summed E-state index contributed by atoms with van der Waals surface area (Å²) in [5.41, 5.74) is -2.64. The smallest absolute Gasteiger partial charge is 0.275 e. The highest BCUT2D eigenvalue weighted by atomic mass is 35.5. The van der Waals surface area contributed by atoms with Crippen molar-refractivity contribution in [3.8, 4) is 12.1 Å². The van der Waals surface area contributed by atoms with Gasteiger partial charge in [0.05, 0.1) is 48.9 Å². The van der Waals surface area contributed by atoms with E-state index in [4.69, 9.17) is 40.1 Å². The van der Waals surface area contributed by atoms with Crippen molar-refractivity contribution >= 4 is 51.9 Å². The van der Waals surface area contributed by atoms with E-state index >= 15 is 0 Å². The molecule has 0 fully saturated rings. The summed E-state index contributed by atoms with van der Waals surface area (Å²) in [6.07, 6.45) is 0. The lowest BCUT2D eigenvalue weighted by Gasteiger charge is -2.15. The third-order valence-corrected chi connectivity index (χ3v) is 4.26. The van der Waals surface area contributed by atoms with Crippen molar-refractivity contribution in [1.29, 1.82) is 10.5 Å². The van der Waals surface area contributed by atoms with Gasteiger partial charge in [-0.1, -0.05) is 34.8 Å². The second-order valence-electron chi connectivity index (χ2n) is 4.46. The van der Waals surface area contributed by atoms with E-state index in [9.17, 15) is 24.2 Å². The first-order valence-electron chi connectivity index (χ1n) is 6.14. The Morgan fingerprint density at radius 2 is 1.44 bits per heavy atom. The maximum atomic E-state index is 14.0. The van der Waals surface area contributed by atoms with E-state index in [0.29, 0.717) is 12.1 Å². The lowest BCUT2D eigenvalue weighted by molar-refractivity contribution is -0.385. The number of benzene rings is 2. The van der Waals surface area contributed by atoms with Gasteiger partial charge in [0, 0.05) is 0 Å². The van der Waals surface area contributed by atoms with E-state index in [0.717, 1.165) is 0 Å². The number of anilines is 2. The minimum Gasteiger partial charge on any atom is -0.348 e. The van der Waals surface area contributed by atoms with E-state index in [2.05, 4.69) is 5.32 Å². The Bertz CT molecular complexity index is 976. The topological polar surface area (TPSA) is 103 Å². The van der Waals surface area contributed by atoms with Crippen LogP contribution in [0.15, 0.2) is 12.1 Å². The van der Waals surface area contributed by atoms with Crippen LogP contribution >= 0.6 is 34.8 Å². The Kier molecular flexibility index (Phi) is 5.29.